The van der Waals surface area contributed by atoms with Crippen LogP contribution in [0.5, 0.6) is 0 Å². The first-order chi connectivity index (χ1) is 9.35. The Morgan fingerprint density at radius 2 is 1.63 bits per heavy atom. The summed E-state index contributed by atoms with van der Waals surface area (Å²) in [6.07, 6.45) is 3.19. The lowest BCUT2D eigenvalue weighted by atomic mass is 10.1. The van der Waals surface area contributed by atoms with Gasteiger partial charge in [-0.2, -0.15) is 0 Å². The van der Waals surface area contributed by atoms with Crippen molar-refractivity contribution in [2.75, 3.05) is 6.66 Å². The minimum absolute atomic E-state index is 0.930. The van der Waals surface area contributed by atoms with Crippen LogP contribution in [0.25, 0.3) is 10.9 Å². The van der Waals surface area contributed by atoms with Gasteiger partial charge in [0.15, 0.2) is 0 Å². The lowest BCUT2D eigenvalue weighted by molar-refractivity contribution is 1.15. The fraction of sp³-hybridized carbons (Fsp3) is 0.176. The monoisotopic (exact) mass is 269 g/mol. The van der Waals surface area contributed by atoms with Gasteiger partial charge in [0.1, 0.15) is 0 Å². The summed E-state index contributed by atoms with van der Waals surface area (Å²) in [6, 6.07) is 18.9. The summed E-state index contributed by atoms with van der Waals surface area (Å²) < 4.78 is 0. The summed E-state index contributed by atoms with van der Waals surface area (Å²) in [5.41, 5.74) is 2.64. The molecule has 1 nitrogen and oxygen atoms in total. The van der Waals surface area contributed by atoms with E-state index in [0.29, 0.717) is 0 Å². The van der Waals surface area contributed by atoms with Crippen LogP contribution >= 0.6 is 8.58 Å². The van der Waals surface area contributed by atoms with Crippen molar-refractivity contribution in [3.05, 3.63) is 66.4 Å². The average Bonchev–Trinajstić information content (AvgIpc) is 2.92. The quantitative estimate of drug-likeness (QED) is 0.666. The predicted molar refractivity (Wildman–Crippen MR) is 88.0 cm³/mol. The van der Waals surface area contributed by atoms with Gasteiger partial charge in [0.05, 0.1) is 0 Å². The van der Waals surface area contributed by atoms with E-state index in [2.05, 4.69) is 73.3 Å². The normalized spacial score (nSPS) is 10.6. The molecule has 0 saturated carbocycles. The molecule has 3 rings (SSSR count). The minimum Gasteiger partial charge on any atom is -0.361 e. The summed E-state index contributed by atoms with van der Waals surface area (Å²) in [5, 5.41) is 2.79. The fourth-order valence-corrected chi connectivity index (χ4v) is 2.55. The van der Waals surface area contributed by atoms with Crippen LogP contribution in [0.3, 0.4) is 0 Å². The molecule has 0 spiro atoms. The Kier molecular flexibility index (Phi) is 5.18. The highest BCUT2D eigenvalue weighted by molar-refractivity contribution is 7.46. The molecule has 1 heterocycles. The largest absolute Gasteiger partial charge is 0.361 e. The van der Waals surface area contributed by atoms with Crippen molar-refractivity contribution in [3.63, 3.8) is 0 Å². The Labute approximate surface area is 116 Å². The van der Waals surface area contributed by atoms with Gasteiger partial charge in [0.25, 0.3) is 0 Å². The van der Waals surface area contributed by atoms with Gasteiger partial charge in [-0.15, -0.1) is 0 Å². The smallest absolute Gasteiger partial charge is 0.0456 e. The molecule has 3 aromatic rings. The molecule has 0 saturated heterocycles. The van der Waals surface area contributed by atoms with E-state index in [4.69, 9.17) is 0 Å². The van der Waals surface area contributed by atoms with E-state index in [9.17, 15) is 0 Å². The van der Waals surface area contributed by atoms with Crippen LogP contribution in [0.4, 0.5) is 0 Å². The predicted octanol–water partition coefficient (Wildman–Crippen LogP) is 4.35. The van der Waals surface area contributed by atoms with Gasteiger partial charge in [0, 0.05) is 17.1 Å². The number of rotatable bonds is 2. The van der Waals surface area contributed by atoms with Gasteiger partial charge in [-0.05, 0) is 30.0 Å². The van der Waals surface area contributed by atoms with Gasteiger partial charge in [-0.25, -0.2) is 0 Å². The molecule has 1 aromatic heterocycles. The Bertz CT molecular complexity index is 613. The molecule has 0 radical (unpaired) electrons. The van der Waals surface area contributed by atoms with Gasteiger partial charge in [-0.3, -0.25) is 0 Å². The zero-order valence-electron chi connectivity index (χ0n) is 11.5. The first-order valence-corrected chi connectivity index (χ1v) is 8.13. The van der Waals surface area contributed by atoms with E-state index < -0.39 is 0 Å². The number of aryl methyl sites for hydroxylation is 1. The SMILES string of the molecule is CCc1c[nH]c2ccccc12.CPc1ccccc1. The van der Waals surface area contributed by atoms with Crippen LogP contribution in [0, 0.1) is 0 Å². The van der Waals surface area contributed by atoms with E-state index in [-0.39, 0.29) is 0 Å². The Morgan fingerprint density at radius 1 is 0.947 bits per heavy atom. The first-order valence-electron chi connectivity index (χ1n) is 6.63. The minimum atomic E-state index is 0.930. The molecule has 0 fully saturated rings. The molecular formula is C17H20NP. The topological polar surface area (TPSA) is 15.8 Å². The van der Waals surface area contributed by atoms with Crippen molar-refractivity contribution >= 4 is 24.8 Å². The first kappa shape index (κ1) is 13.8. The standard InChI is InChI=1S/C10H11N.C7H9P/c1-2-8-7-11-10-6-4-3-5-9(8)10;1-8-7-5-3-2-4-6-7/h3-7,11H,2H2,1H3;2-6,8H,1H3. The maximum absolute atomic E-state index is 3.24. The summed E-state index contributed by atoms with van der Waals surface area (Å²) in [7, 11) is 0.930. The molecular weight excluding hydrogens is 249 g/mol. The van der Waals surface area contributed by atoms with Crippen molar-refractivity contribution in [2.24, 2.45) is 0 Å². The highest BCUT2D eigenvalue weighted by Gasteiger charge is 1.97. The summed E-state index contributed by atoms with van der Waals surface area (Å²) in [4.78, 5) is 3.24. The second-order valence-electron chi connectivity index (χ2n) is 4.33. The van der Waals surface area contributed by atoms with Crippen molar-refractivity contribution in [1.82, 2.24) is 4.98 Å². The Morgan fingerprint density at radius 3 is 2.26 bits per heavy atom. The molecule has 1 atom stereocenters. The summed E-state index contributed by atoms with van der Waals surface area (Å²) in [5.74, 6) is 0. The van der Waals surface area contributed by atoms with Crippen LogP contribution in [0.2, 0.25) is 0 Å². The molecule has 0 bridgehead atoms. The number of aromatic nitrogens is 1. The van der Waals surface area contributed by atoms with Crippen LogP contribution in [-0.4, -0.2) is 11.6 Å². The molecule has 98 valence electrons. The molecule has 1 N–H and O–H groups in total. The van der Waals surface area contributed by atoms with Gasteiger partial charge >= 0.3 is 0 Å². The molecule has 0 aliphatic carbocycles. The number of hydrogen-bond donors (Lipinski definition) is 1. The Balaban J connectivity index is 0.000000148. The molecule has 1 unspecified atom stereocenters. The zero-order valence-corrected chi connectivity index (χ0v) is 12.5. The lowest BCUT2D eigenvalue weighted by Gasteiger charge is -1.90. The van der Waals surface area contributed by atoms with Crippen LogP contribution < -0.4 is 5.30 Å². The third-order valence-corrected chi connectivity index (χ3v) is 4.03. The number of fused-ring (bicyclic) bond motifs is 1. The average molecular weight is 269 g/mol. The third kappa shape index (κ3) is 3.68. The van der Waals surface area contributed by atoms with E-state index in [0.717, 1.165) is 15.0 Å². The number of nitrogens with one attached hydrogen (secondary N) is 1. The highest BCUT2D eigenvalue weighted by atomic mass is 31.1. The van der Waals surface area contributed by atoms with Crippen LogP contribution in [0.1, 0.15) is 12.5 Å². The van der Waals surface area contributed by atoms with E-state index in [1.54, 1.807) is 0 Å². The molecule has 0 amide bonds. The molecule has 19 heavy (non-hydrogen) atoms. The number of para-hydroxylation sites is 1. The van der Waals surface area contributed by atoms with Crippen molar-refractivity contribution in [2.45, 2.75) is 13.3 Å². The second-order valence-corrected chi connectivity index (χ2v) is 5.41. The summed E-state index contributed by atoms with van der Waals surface area (Å²) in [6.45, 7) is 4.37. The molecule has 2 heteroatoms. The fourth-order valence-electron chi connectivity index (χ4n) is 2.03. The van der Waals surface area contributed by atoms with Gasteiger partial charge in [0.2, 0.25) is 0 Å². The summed E-state index contributed by atoms with van der Waals surface area (Å²) >= 11 is 0. The maximum atomic E-state index is 3.24. The number of benzene rings is 2. The van der Waals surface area contributed by atoms with E-state index in [1.807, 2.05) is 6.07 Å². The number of H-pyrrole nitrogens is 1. The highest BCUT2D eigenvalue weighted by Crippen LogP contribution is 2.17. The van der Waals surface area contributed by atoms with Gasteiger partial charge in [-0.1, -0.05) is 64.0 Å². The number of hydrogen-bond acceptors (Lipinski definition) is 0. The van der Waals surface area contributed by atoms with Crippen molar-refractivity contribution in [3.8, 4) is 0 Å². The molecule has 0 aliphatic rings. The lowest BCUT2D eigenvalue weighted by Crippen LogP contribution is -1.87. The molecule has 0 aliphatic heterocycles. The van der Waals surface area contributed by atoms with Crippen molar-refractivity contribution in [1.29, 1.82) is 0 Å². The maximum Gasteiger partial charge on any atom is 0.0456 e. The van der Waals surface area contributed by atoms with Gasteiger partial charge < -0.3 is 4.98 Å². The van der Waals surface area contributed by atoms with Crippen LogP contribution in [-0.2, 0) is 6.42 Å². The van der Waals surface area contributed by atoms with Crippen molar-refractivity contribution < 1.29 is 0 Å². The Hall–Kier alpha value is -1.59. The van der Waals surface area contributed by atoms with E-state index >= 15 is 0 Å². The molecule has 2 aromatic carbocycles. The second kappa shape index (κ2) is 7.11. The number of aromatic amines is 1. The zero-order chi connectivity index (χ0) is 13.5. The third-order valence-electron chi connectivity index (χ3n) is 3.12. The van der Waals surface area contributed by atoms with Crippen LogP contribution in [0.15, 0.2) is 60.8 Å². The van der Waals surface area contributed by atoms with E-state index in [1.165, 1.54) is 21.8 Å².